The average molecular weight is 512 g/mol. The van der Waals surface area contributed by atoms with Crippen molar-refractivity contribution in [3.05, 3.63) is 76.0 Å². The van der Waals surface area contributed by atoms with Crippen LogP contribution in [0.25, 0.3) is 22.1 Å². The summed E-state index contributed by atoms with van der Waals surface area (Å²) in [5, 5.41) is 3.08. The van der Waals surface area contributed by atoms with Gasteiger partial charge in [0.2, 0.25) is 10.0 Å². The number of hydrogen-bond donors (Lipinski definition) is 1. The molecule has 1 aliphatic heterocycles. The SMILES string of the molecule is CC(C)C[C@@H]1CN(c2ccccc2)c2cc(Cl)c(-c3ccc4o[nH]c(=O)c4c3)cc2S(=O)(=O)N1C. The molecule has 7 nitrogen and oxygen atoms in total. The van der Waals surface area contributed by atoms with E-state index in [-0.39, 0.29) is 16.5 Å². The monoisotopic (exact) mass is 511 g/mol. The van der Waals surface area contributed by atoms with Crippen molar-refractivity contribution in [1.82, 2.24) is 9.46 Å². The minimum absolute atomic E-state index is 0.177. The van der Waals surface area contributed by atoms with Gasteiger partial charge >= 0.3 is 0 Å². The molecular weight excluding hydrogens is 486 g/mol. The summed E-state index contributed by atoms with van der Waals surface area (Å²) < 4.78 is 34.4. The second-order valence-corrected chi connectivity index (χ2v) is 11.7. The Kier molecular flexibility index (Phi) is 5.99. The number of aromatic nitrogens is 1. The summed E-state index contributed by atoms with van der Waals surface area (Å²) in [5.41, 5.74) is 2.65. The zero-order valence-corrected chi connectivity index (χ0v) is 21.2. The van der Waals surface area contributed by atoms with Crippen LogP contribution in [0, 0.1) is 5.92 Å². The third kappa shape index (κ3) is 4.16. The molecule has 0 spiro atoms. The molecule has 0 bridgehead atoms. The Morgan fingerprint density at radius 2 is 1.86 bits per heavy atom. The maximum absolute atomic E-state index is 13.9. The van der Waals surface area contributed by atoms with Gasteiger partial charge in [-0.15, -0.1) is 0 Å². The zero-order chi connectivity index (χ0) is 24.9. The van der Waals surface area contributed by atoms with Crippen molar-refractivity contribution >= 4 is 44.0 Å². The highest BCUT2D eigenvalue weighted by atomic mass is 35.5. The molecule has 0 saturated carbocycles. The molecule has 35 heavy (non-hydrogen) atoms. The number of halogens is 1. The summed E-state index contributed by atoms with van der Waals surface area (Å²) in [7, 11) is -2.19. The summed E-state index contributed by atoms with van der Waals surface area (Å²) in [6.45, 7) is 4.68. The summed E-state index contributed by atoms with van der Waals surface area (Å²) in [6, 6.07) is 17.9. The van der Waals surface area contributed by atoms with Crippen LogP contribution in [-0.4, -0.2) is 37.5 Å². The van der Waals surface area contributed by atoms with E-state index in [1.807, 2.05) is 35.2 Å². The fourth-order valence-electron chi connectivity index (χ4n) is 4.70. The van der Waals surface area contributed by atoms with Crippen LogP contribution in [0.15, 0.2) is 74.9 Å². The molecule has 0 aliphatic carbocycles. The van der Waals surface area contributed by atoms with Crippen molar-refractivity contribution in [1.29, 1.82) is 0 Å². The molecule has 1 aromatic heterocycles. The summed E-state index contributed by atoms with van der Waals surface area (Å²) in [6.07, 6.45) is 0.716. The van der Waals surface area contributed by atoms with Crippen LogP contribution < -0.4 is 10.5 Å². The van der Waals surface area contributed by atoms with Crippen molar-refractivity contribution in [2.45, 2.75) is 31.2 Å². The summed E-state index contributed by atoms with van der Waals surface area (Å²) >= 11 is 6.77. The number of nitrogens with one attached hydrogen (secondary N) is 1. The van der Waals surface area contributed by atoms with E-state index in [1.165, 1.54) is 4.31 Å². The van der Waals surface area contributed by atoms with Crippen LogP contribution in [0.1, 0.15) is 20.3 Å². The maximum atomic E-state index is 13.9. The third-order valence-electron chi connectivity index (χ3n) is 6.50. The van der Waals surface area contributed by atoms with Crippen molar-refractivity contribution in [3.63, 3.8) is 0 Å². The lowest BCUT2D eigenvalue weighted by Crippen LogP contribution is -2.41. The third-order valence-corrected chi connectivity index (χ3v) is 8.76. The molecular formula is C26H26ClN3O4S. The Balaban J connectivity index is 1.74. The van der Waals surface area contributed by atoms with Crippen molar-refractivity contribution < 1.29 is 12.9 Å². The van der Waals surface area contributed by atoms with E-state index in [9.17, 15) is 13.2 Å². The average Bonchev–Trinajstić information content (AvgIpc) is 3.18. The number of sulfonamides is 1. The molecule has 2 heterocycles. The molecule has 182 valence electrons. The van der Waals surface area contributed by atoms with E-state index < -0.39 is 10.0 Å². The maximum Gasteiger partial charge on any atom is 0.287 e. The lowest BCUT2D eigenvalue weighted by molar-refractivity contribution is 0.326. The van der Waals surface area contributed by atoms with Gasteiger partial charge in [-0.05, 0) is 54.3 Å². The molecule has 1 aliphatic rings. The first-order valence-electron chi connectivity index (χ1n) is 11.4. The fraction of sp³-hybridized carbons (Fsp3) is 0.269. The van der Waals surface area contributed by atoms with Crippen LogP contribution in [0.2, 0.25) is 5.02 Å². The lowest BCUT2D eigenvalue weighted by Gasteiger charge is -2.30. The fourth-order valence-corrected chi connectivity index (χ4v) is 6.52. The molecule has 0 unspecified atom stereocenters. The molecule has 0 radical (unpaired) electrons. The number of para-hydroxylation sites is 1. The van der Waals surface area contributed by atoms with Gasteiger partial charge in [0.05, 0.1) is 16.1 Å². The van der Waals surface area contributed by atoms with Crippen LogP contribution in [0.5, 0.6) is 0 Å². The van der Waals surface area contributed by atoms with E-state index in [4.69, 9.17) is 16.1 Å². The number of H-pyrrole nitrogens is 1. The molecule has 1 N–H and O–H groups in total. The van der Waals surface area contributed by atoms with Crippen molar-refractivity contribution in [2.75, 3.05) is 18.5 Å². The predicted molar refractivity (Wildman–Crippen MR) is 139 cm³/mol. The summed E-state index contributed by atoms with van der Waals surface area (Å²) in [4.78, 5) is 14.3. The normalized spacial score (nSPS) is 18.1. The Labute approximate surface area is 208 Å². The highest BCUT2D eigenvalue weighted by Crippen LogP contribution is 2.43. The minimum Gasteiger partial charge on any atom is -0.378 e. The molecule has 3 aromatic carbocycles. The quantitative estimate of drug-likeness (QED) is 0.384. The second-order valence-electron chi connectivity index (χ2n) is 9.29. The van der Waals surface area contributed by atoms with Crippen molar-refractivity contribution in [3.8, 4) is 11.1 Å². The second kappa shape index (κ2) is 8.86. The van der Waals surface area contributed by atoms with Gasteiger partial charge < -0.3 is 9.42 Å². The Morgan fingerprint density at radius 1 is 1.11 bits per heavy atom. The first-order chi connectivity index (χ1) is 16.7. The van der Waals surface area contributed by atoms with Crippen molar-refractivity contribution in [2.24, 2.45) is 5.92 Å². The van der Waals surface area contributed by atoms with Gasteiger partial charge in [0, 0.05) is 30.9 Å². The van der Waals surface area contributed by atoms with E-state index in [0.29, 0.717) is 51.7 Å². The van der Waals surface area contributed by atoms with E-state index >= 15 is 0 Å². The zero-order valence-electron chi connectivity index (χ0n) is 19.7. The largest absolute Gasteiger partial charge is 0.378 e. The first kappa shape index (κ1) is 23.7. The number of hydrogen-bond acceptors (Lipinski definition) is 5. The van der Waals surface area contributed by atoms with Crippen LogP contribution >= 0.6 is 11.6 Å². The van der Waals surface area contributed by atoms with Gasteiger partial charge in [-0.2, -0.15) is 9.46 Å². The Hall–Kier alpha value is -3.07. The van der Waals surface area contributed by atoms with Crippen LogP contribution in [0.3, 0.4) is 0 Å². The molecule has 0 amide bonds. The molecule has 4 aromatic rings. The van der Waals surface area contributed by atoms with Gasteiger partial charge in [-0.1, -0.05) is 49.7 Å². The number of aromatic amines is 1. The van der Waals surface area contributed by atoms with Gasteiger partial charge in [0.15, 0.2) is 5.58 Å². The standard InChI is InChI=1S/C26H26ClN3O4S/c1-16(2)11-19-15-30(18-7-5-4-6-8-18)23-14-22(27)20(13-25(23)35(32,33)29(19)3)17-9-10-24-21(12-17)26(31)28-34-24/h4-10,12-14,16,19H,11,15H2,1-3H3,(H,28,31)/t19-/m1/s1. The minimum atomic E-state index is -3.83. The summed E-state index contributed by atoms with van der Waals surface area (Å²) in [5.74, 6) is 0.315. The molecule has 5 rings (SSSR count). The highest BCUT2D eigenvalue weighted by Gasteiger charge is 2.37. The Morgan fingerprint density at radius 3 is 2.57 bits per heavy atom. The smallest absolute Gasteiger partial charge is 0.287 e. The highest BCUT2D eigenvalue weighted by molar-refractivity contribution is 7.89. The number of nitrogens with zero attached hydrogens (tertiary/aromatic N) is 2. The van der Waals surface area contributed by atoms with Gasteiger partial charge in [-0.25, -0.2) is 8.42 Å². The number of likely N-dealkylation sites (N-methyl/N-ethyl adjacent to an activating group) is 1. The molecule has 9 heteroatoms. The number of fused-ring (bicyclic) bond motifs is 2. The predicted octanol–water partition coefficient (Wildman–Crippen LogP) is 5.63. The number of rotatable bonds is 4. The van der Waals surface area contributed by atoms with Crippen LogP contribution in [0.4, 0.5) is 11.4 Å². The number of benzene rings is 3. The first-order valence-corrected chi connectivity index (χ1v) is 13.2. The molecule has 0 fully saturated rings. The van der Waals surface area contributed by atoms with E-state index in [0.717, 1.165) is 5.69 Å². The molecule has 0 saturated heterocycles. The van der Waals surface area contributed by atoms with Gasteiger partial charge in [0.25, 0.3) is 5.56 Å². The van der Waals surface area contributed by atoms with E-state index in [2.05, 4.69) is 19.0 Å². The van der Waals surface area contributed by atoms with Gasteiger partial charge in [0.1, 0.15) is 4.90 Å². The Bertz CT molecular complexity index is 1560. The topological polar surface area (TPSA) is 86.6 Å². The van der Waals surface area contributed by atoms with E-state index in [1.54, 1.807) is 37.4 Å². The molecule has 1 atom stereocenters. The van der Waals surface area contributed by atoms with Gasteiger partial charge in [-0.3, -0.25) is 4.79 Å². The lowest BCUT2D eigenvalue weighted by atomic mass is 10.0. The number of anilines is 2. The van der Waals surface area contributed by atoms with Crippen LogP contribution in [-0.2, 0) is 10.0 Å².